The molecule has 0 fully saturated rings. The highest BCUT2D eigenvalue weighted by atomic mass is 32.2. The first-order valence-corrected chi connectivity index (χ1v) is 5.78. The number of rotatable bonds is 3. The van der Waals surface area contributed by atoms with Gasteiger partial charge in [-0.25, -0.2) is 13.2 Å². The van der Waals surface area contributed by atoms with Gasteiger partial charge < -0.3 is 5.11 Å². The fourth-order valence-electron chi connectivity index (χ4n) is 1.05. The lowest BCUT2D eigenvalue weighted by Crippen LogP contribution is -2.05. The van der Waals surface area contributed by atoms with E-state index in [4.69, 9.17) is 5.11 Å². The molecule has 0 saturated carbocycles. The summed E-state index contributed by atoms with van der Waals surface area (Å²) in [5.41, 5.74) is -0.358. The number of carboxylic acids is 1. The van der Waals surface area contributed by atoms with Crippen molar-refractivity contribution in [2.45, 2.75) is 4.90 Å². The summed E-state index contributed by atoms with van der Waals surface area (Å²) in [6, 6.07) is 3.35. The van der Waals surface area contributed by atoms with Crippen molar-refractivity contribution in [2.24, 2.45) is 0 Å². The molecule has 80 valence electrons. The number of carbonyl (C=O) groups excluding carboxylic acids is 1. The van der Waals surface area contributed by atoms with Gasteiger partial charge in [-0.3, -0.25) is 4.79 Å². The van der Waals surface area contributed by atoms with Crippen LogP contribution >= 0.6 is 0 Å². The maximum Gasteiger partial charge on any atom is 0.336 e. The third kappa shape index (κ3) is 2.41. The second-order valence-electron chi connectivity index (χ2n) is 2.94. The number of sulfone groups is 1. The van der Waals surface area contributed by atoms with Crippen molar-refractivity contribution >= 4 is 22.1 Å². The van der Waals surface area contributed by atoms with Crippen molar-refractivity contribution in [2.75, 3.05) is 6.26 Å². The van der Waals surface area contributed by atoms with Gasteiger partial charge in [-0.05, 0) is 18.2 Å². The van der Waals surface area contributed by atoms with Crippen molar-refractivity contribution in [1.82, 2.24) is 0 Å². The highest BCUT2D eigenvalue weighted by molar-refractivity contribution is 7.90. The van der Waals surface area contributed by atoms with E-state index >= 15 is 0 Å². The van der Waals surface area contributed by atoms with Gasteiger partial charge in [0.1, 0.15) is 0 Å². The molecule has 1 N–H and O–H groups in total. The molecule has 6 heteroatoms. The van der Waals surface area contributed by atoms with E-state index in [0.29, 0.717) is 6.29 Å². The van der Waals surface area contributed by atoms with Crippen LogP contribution in [0, 0.1) is 0 Å². The van der Waals surface area contributed by atoms with Crippen molar-refractivity contribution in [1.29, 1.82) is 0 Å². The van der Waals surface area contributed by atoms with E-state index in [0.717, 1.165) is 12.3 Å². The van der Waals surface area contributed by atoms with Gasteiger partial charge in [0.25, 0.3) is 0 Å². The maximum atomic E-state index is 11.1. The molecule has 0 aliphatic carbocycles. The molecule has 0 heterocycles. The summed E-state index contributed by atoms with van der Waals surface area (Å²) >= 11 is 0. The number of carbonyl (C=O) groups is 2. The molecule has 0 spiro atoms. The van der Waals surface area contributed by atoms with Crippen LogP contribution in [0.1, 0.15) is 20.7 Å². The molecule has 5 nitrogen and oxygen atoms in total. The van der Waals surface area contributed by atoms with Crippen molar-refractivity contribution in [3.05, 3.63) is 29.3 Å². The molecule has 1 aromatic carbocycles. The van der Waals surface area contributed by atoms with Crippen molar-refractivity contribution in [3.8, 4) is 0 Å². The Morgan fingerprint density at radius 3 is 2.40 bits per heavy atom. The Kier molecular flexibility index (Phi) is 2.90. The summed E-state index contributed by atoms with van der Waals surface area (Å²) in [5, 5.41) is 8.73. The molecule has 0 bridgehead atoms. The Hall–Kier alpha value is -1.69. The summed E-state index contributed by atoms with van der Waals surface area (Å²) in [6.45, 7) is 0. The van der Waals surface area contributed by atoms with Gasteiger partial charge in [0, 0.05) is 11.8 Å². The summed E-state index contributed by atoms with van der Waals surface area (Å²) in [4.78, 5) is 21.1. The average Bonchev–Trinajstić information content (AvgIpc) is 2.15. The first-order valence-electron chi connectivity index (χ1n) is 3.89. The van der Waals surface area contributed by atoms with Gasteiger partial charge >= 0.3 is 5.97 Å². The van der Waals surface area contributed by atoms with Crippen LogP contribution in [-0.4, -0.2) is 32.0 Å². The monoisotopic (exact) mass is 228 g/mol. The van der Waals surface area contributed by atoms with Crippen molar-refractivity contribution < 1.29 is 23.1 Å². The molecular formula is C9H8O5S. The van der Waals surface area contributed by atoms with Gasteiger partial charge in [0.2, 0.25) is 0 Å². The lowest BCUT2D eigenvalue weighted by atomic mass is 10.1. The molecule has 1 rings (SSSR count). The Morgan fingerprint density at radius 1 is 1.40 bits per heavy atom. The molecular weight excluding hydrogens is 220 g/mol. The Bertz CT molecular complexity index is 515. The minimum absolute atomic E-state index is 0.0464. The molecule has 0 aliphatic heterocycles. The number of hydrogen-bond acceptors (Lipinski definition) is 4. The third-order valence-electron chi connectivity index (χ3n) is 1.81. The van der Waals surface area contributed by atoms with E-state index in [1.165, 1.54) is 12.1 Å². The molecule has 0 atom stereocenters. The van der Waals surface area contributed by atoms with Gasteiger partial charge in [-0.15, -0.1) is 0 Å². The van der Waals surface area contributed by atoms with E-state index in [-0.39, 0.29) is 16.0 Å². The number of aldehydes is 1. The fraction of sp³-hybridized carbons (Fsp3) is 0.111. The first kappa shape index (κ1) is 11.4. The van der Waals surface area contributed by atoms with Crippen LogP contribution < -0.4 is 0 Å². The maximum absolute atomic E-state index is 11.1. The van der Waals surface area contributed by atoms with Crippen LogP contribution in [0.15, 0.2) is 23.1 Å². The van der Waals surface area contributed by atoms with E-state index < -0.39 is 15.8 Å². The molecule has 1 aromatic rings. The lowest BCUT2D eigenvalue weighted by molar-refractivity contribution is 0.0693. The second-order valence-corrected chi connectivity index (χ2v) is 4.96. The van der Waals surface area contributed by atoms with Gasteiger partial charge in [0.05, 0.1) is 10.5 Å². The van der Waals surface area contributed by atoms with Gasteiger partial charge in [-0.2, -0.15) is 0 Å². The summed E-state index contributed by atoms with van der Waals surface area (Å²) in [5.74, 6) is -1.33. The van der Waals surface area contributed by atoms with E-state index in [1.807, 2.05) is 0 Å². The van der Waals surface area contributed by atoms with E-state index in [9.17, 15) is 18.0 Å². The van der Waals surface area contributed by atoms with Gasteiger partial charge in [0.15, 0.2) is 16.1 Å². The molecule has 0 aromatic heterocycles. The summed E-state index contributed by atoms with van der Waals surface area (Å²) in [7, 11) is -3.46. The highest BCUT2D eigenvalue weighted by Crippen LogP contribution is 2.14. The van der Waals surface area contributed by atoms with Crippen LogP contribution in [-0.2, 0) is 9.84 Å². The van der Waals surface area contributed by atoms with Crippen LogP contribution in [0.2, 0.25) is 0 Å². The quantitative estimate of drug-likeness (QED) is 0.765. The minimum atomic E-state index is -3.46. The number of benzene rings is 1. The Morgan fingerprint density at radius 2 is 2.00 bits per heavy atom. The van der Waals surface area contributed by atoms with Crippen LogP contribution in [0.3, 0.4) is 0 Å². The Labute approximate surface area is 86.3 Å². The van der Waals surface area contributed by atoms with E-state index in [2.05, 4.69) is 0 Å². The first-order chi connectivity index (χ1) is 6.86. The fourth-order valence-corrected chi connectivity index (χ4v) is 1.70. The summed E-state index contributed by atoms with van der Waals surface area (Å²) < 4.78 is 22.3. The Balaban J connectivity index is 3.48. The van der Waals surface area contributed by atoms with Crippen LogP contribution in [0.4, 0.5) is 0 Å². The molecule has 0 radical (unpaired) electrons. The summed E-state index contributed by atoms with van der Waals surface area (Å²) in [6.07, 6.45) is 1.34. The highest BCUT2D eigenvalue weighted by Gasteiger charge is 2.14. The molecule has 0 saturated heterocycles. The normalized spacial score (nSPS) is 11.0. The molecule has 0 aliphatic rings. The minimum Gasteiger partial charge on any atom is -0.478 e. The zero-order chi connectivity index (χ0) is 11.6. The second kappa shape index (κ2) is 3.82. The predicted molar refractivity (Wildman–Crippen MR) is 51.9 cm³/mol. The van der Waals surface area contributed by atoms with Crippen molar-refractivity contribution in [3.63, 3.8) is 0 Å². The smallest absolute Gasteiger partial charge is 0.336 e. The zero-order valence-corrected chi connectivity index (χ0v) is 8.61. The number of aromatic carboxylic acids is 1. The molecule has 0 amide bonds. The van der Waals surface area contributed by atoms with Crippen LogP contribution in [0.5, 0.6) is 0 Å². The van der Waals surface area contributed by atoms with E-state index in [1.54, 1.807) is 0 Å². The van der Waals surface area contributed by atoms with Crippen LogP contribution in [0.25, 0.3) is 0 Å². The largest absolute Gasteiger partial charge is 0.478 e. The predicted octanol–water partition coefficient (Wildman–Crippen LogP) is 0.601. The average molecular weight is 228 g/mol. The number of carboxylic acid groups (broad SMARTS) is 1. The molecule has 0 unspecified atom stereocenters. The lowest BCUT2D eigenvalue weighted by Gasteiger charge is -2.02. The topological polar surface area (TPSA) is 88.5 Å². The number of hydrogen-bond donors (Lipinski definition) is 1. The standard InChI is InChI=1S/C9H8O5S/c1-15(13,14)7-3-2-6(5-10)8(4-7)9(11)12/h2-5H,1H3,(H,11,12). The SMILES string of the molecule is CS(=O)(=O)c1ccc(C=O)c(C(=O)O)c1. The third-order valence-corrected chi connectivity index (χ3v) is 2.92. The zero-order valence-electron chi connectivity index (χ0n) is 7.80. The molecule has 15 heavy (non-hydrogen) atoms. The van der Waals surface area contributed by atoms with Gasteiger partial charge in [-0.1, -0.05) is 0 Å².